The minimum Gasteiger partial charge on any atom is -0.462 e. The second kappa shape index (κ2) is 8.25. The van der Waals surface area contributed by atoms with Gasteiger partial charge in [-0.15, -0.1) is 0 Å². The lowest BCUT2D eigenvalue weighted by atomic mass is 10.3. The number of carbonyl (C=O) groups excluding carboxylic acids is 1. The van der Waals surface area contributed by atoms with Gasteiger partial charge >= 0.3 is 5.97 Å². The van der Waals surface area contributed by atoms with E-state index in [2.05, 4.69) is 34.6 Å². The van der Waals surface area contributed by atoms with E-state index < -0.39 is 0 Å². The summed E-state index contributed by atoms with van der Waals surface area (Å²) in [5, 5.41) is 0. The molecule has 100 valence electrons. The molecule has 0 fully saturated rings. The summed E-state index contributed by atoms with van der Waals surface area (Å²) in [6, 6.07) is 0. The summed E-state index contributed by atoms with van der Waals surface area (Å²) in [7, 11) is 6.28. The fraction of sp³-hybridized carbons (Fsp3) is 0.769. The molecule has 0 unspecified atom stereocenters. The van der Waals surface area contributed by atoms with Crippen LogP contribution in [0, 0.1) is 0 Å². The molecule has 0 radical (unpaired) electrons. The van der Waals surface area contributed by atoms with E-state index in [1.807, 2.05) is 0 Å². The molecule has 4 nitrogen and oxygen atoms in total. The molecule has 0 bridgehead atoms. The average Bonchev–Trinajstić information content (AvgIpc) is 2.23. The number of carbonyl (C=O) groups is 1. The molecule has 0 saturated heterocycles. The van der Waals surface area contributed by atoms with Crippen LogP contribution in [0.4, 0.5) is 0 Å². The monoisotopic (exact) mass is 244 g/mol. The SMILES string of the molecule is C=C(COCC[N+](C)(C)C)C(=O)OCCCC. The molecule has 0 atom stereocenters. The maximum absolute atomic E-state index is 11.4. The molecule has 0 aliphatic rings. The Morgan fingerprint density at radius 1 is 1.24 bits per heavy atom. The van der Waals surface area contributed by atoms with Gasteiger partial charge in [0, 0.05) is 0 Å². The first kappa shape index (κ1) is 16.1. The predicted octanol–water partition coefficient (Wildman–Crippen LogP) is 1.61. The van der Waals surface area contributed by atoms with E-state index in [0.29, 0.717) is 18.8 Å². The third-order valence-corrected chi connectivity index (χ3v) is 2.20. The Labute approximate surface area is 105 Å². The van der Waals surface area contributed by atoms with Crippen LogP contribution < -0.4 is 0 Å². The Morgan fingerprint density at radius 3 is 2.41 bits per heavy atom. The number of quaternary nitrogens is 1. The molecular weight excluding hydrogens is 218 g/mol. The second-order valence-corrected chi connectivity index (χ2v) is 5.16. The lowest BCUT2D eigenvalue weighted by Crippen LogP contribution is -2.37. The average molecular weight is 244 g/mol. The lowest BCUT2D eigenvalue weighted by molar-refractivity contribution is -0.870. The zero-order valence-electron chi connectivity index (χ0n) is 11.6. The van der Waals surface area contributed by atoms with Crippen molar-refractivity contribution >= 4 is 5.97 Å². The molecule has 4 heteroatoms. The highest BCUT2D eigenvalue weighted by molar-refractivity contribution is 5.87. The Hall–Kier alpha value is -0.870. The summed E-state index contributed by atoms with van der Waals surface area (Å²) in [5.74, 6) is -0.344. The van der Waals surface area contributed by atoms with Crippen molar-refractivity contribution in [3.63, 3.8) is 0 Å². The molecular formula is C13H26NO3+. The number of hydrogen-bond acceptors (Lipinski definition) is 3. The number of likely N-dealkylation sites (N-methyl/N-ethyl adjacent to an activating group) is 1. The number of nitrogens with zero attached hydrogens (tertiary/aromatic N) is 1. The largest absolute Gasteiger partial charge is 0.462 e. The predicted molar refractivity (Wildman–Crippen MR) is 68.7 cm³/mol. The van der Waals surface area contributed by atoms with Gasteiger partial charge in [-0.1, -0.05) is 19.9 Å². The first-order valence-corrected chi connectivity index (χ1v) is 6.10. The molecule has 0 aliphatic heterocycles. The Morgan fingerprint density at radius 2 is 1.88 bits per heavy atom. The van der Waals surface area contributed by atoms with Crippen LogP contribution in [-0.2, 0) is 14.3 Å². The van der Waals surface area contributed by atoms with Crippen LogP contribution in [0.3, 0.4) is 0 Å². The zero-order chi connectivity index (χ0) is 13.3. The van der Waals surface area contributed by atoms with Crippen molar-refractivity contribution < 1.29 is 18.8 Å². The summed E-state index contributed by atoms with van der Waals surface area (Å²) in [5.41, 5.74) is 0.391. The zero-order valence-corrected chi connectivity index (χ0v) is 11.6. The third-order valence-electron chi connectivity index (χ3n) is 2.20. The first-order chi connectivity index (χ1) is 7.87. The van der Waals surface area contributed by atoms with Crippen LogP contribution in [0.1, 0.15) is 19.8 Å². The highest BCUT2D eigenvalue weighted by atomic mass is 16.5. The molecule has 17 heavy (non-hydrogen) atoms. The van der Waals surface area contributed by atoms with Crippen LogP contribution in [0.5, 0.6) is 0 Å². The third kappa shape index (κ3) is 10.0. The summed E-state index contributed by atoms with van der Waals surface area (Å²) < 4.78 is 11.2. The molecule has 0 amide bonds. The van der Waals surface area contributed by atoms with Crippen molar-refractivity contribution in [1.29, 1.82) is 0 Å². The number of esters is 1. The first-order valence-electron chi connectivity index (χ1n) is 6.10. The van der Waals surface area contributed by atoms with Gasteiger partial charge in [0.05, 0.1) is 46.5 Å². The molecule has 0 rings (SSSR count). The molecule has 0 saturated carbocycles. The van der Waals surface area contributed by atoms with Crippen LogP contribution >= 0.6 is 0 Å². The van der Waals surface area contributed by atoms with Crippen molar-refractivity contribution in [1.82, 2.24) is 0 Å². The fourth-order valence-electron chi connectivity index (χ4n) is 1.00. The highest BCUT2D eigenvalue weighted by Gasteiger charge is 2.10. The Kier molecular flexibility index (Phi) is 7.83. The summed E-state index contributed by atoms with van der Waals surface area (Å²) in [4.78, 5) is 11.4. The summed E-state index contributed by atoms with van der Waals surface area (Å²) in [6.45, 7) is 7.95. The molecule has 0 aliphatic carbocycles. The van der Waals surface area contributed by atoms with Gasteiger partial charge < -0.3 is 14.0 Å². The van der Waals surface area contributed by atoms with Gasteiger partial charge in [-0.2, -0.15) is 0 Å². The van der Waals surface area contributed by atoms with E-state index in [0.717, 1.165) is 23.9 Å². The minimum atomic E-state index is -0.344. The Balaban J connectivity index is 3.61. The second-order valence-electron chi connectivity index (χ2n) is 5.16. The maximum Gasteiger partial charge on any atom is 0.335 e. The quantitative estimate of drug-likeness (QED) is 0.267. The van der Waals surface area contributed by atoms with E-state index in [9.17, 15) is 4.79 Å². The number of hydrogen-bond donors (Lipinski definition) is 0. The van der Waals surface area contributed by atoms with E-state index in [4.69, 9.17) is 9.47 Å². The van der Waals surface area contributed by atoms with Crippen LogP contribution in [0.15, 0.2) is 12.2 Å². The molecule has 0 aromatic carbocycles. The van der Waals surface area contributed by atoms with Gasteiger partial charge in [0.25, 0.3) is 0 Å². The number of unbranched alkanes of at least 4 members (excludes halogenated alkanes) is 1. The molecule has 0 spiro atoms. The van der Waals surface area contributed by atoms with Crippen LogP contribution in [-0.4, -0.2) is 58.0 Å². The van der Waals surface area contributed by atoms with E-state index >= 15 is 0 Å². The fourth-order valence-corrected chi connectivity index (χ4v) is 1.00. The van der Waals surface area contributed by atoms with Crippen molar-refractivity contribution in [3.8, 4) is 0 Å². The van der Waals surface area contributed by atoms with Gasteiger partial charge in [0.2, 0.25) is 0 Å². The van der Waals surface area contributed by atoms with Crippen molar-refractivity contribution in [2.75, 3.05) is 47.5 Å². The van der Waals surface area contributed by atoms with E-state index in [-0.39, 0.29) is 12.6 Å². The van der Waals surface area contributed by atoms with Gasteiger partial charge in [-0.3, -0.25) is 0 Å². The van der Waals surface area contributed by atoms with Crippen LogP contribution in [0.25, 0.3) is 0 Å². The molecule has 0 heterocycles. The normalized spacial score (nSPS) is 11.3. The summed E-state index contributed by atoms with van der Waals surface area (Å²) in [6.07, 6.45) is 1.90. The molecule has 0 aromatic rings. The van der Waals surface area contributed by atoms with E-state index in [1.165, 1.54) is 0 Å². The van der Waals surface area contributed by atoms with Crippen molar-refractivity contribution in [2.45, 2.75) is 19.8 Å². The van der Waals surface area contributed by atoms with Gasteiger partial charge in [-0.25, -0.2) is 4.79 Å². The highest BCUT2D eigenvalue weighted by Crippen LogP contribution is 1.99. The smallest absolute Gasteiger partial charge is 0.335 e. The lowest BCUT2D eigenvalue weighted by Gasteiger charge is -2.23. The number of rotatable bonds is 9. The maximum atomic E-state index is 11.4. The molecule has 0 N–H and O–H groups in total. The van der Waals surface area contributed by atoms with Gasteiger partial charge in [-0.05, 0) is 6.42 Å². The van der Waals surface area contributed by atoms with E-state index in [1.54, 1.807) is 0 Å². The number of ether oxygens (including phenoxy) is 2. The standard InChI is InChI=1S/C13H26NO3/c1-6-7-9-17-13(15)12(2)11-16-10-8-14(3,4)5/h2,6-11H2,1,3-5H3/q+1. The van der Waals surface area contributed by atoms with Gasteiger partial charge in [0.1, 0.15) is 6.54 Å². The minimum absolute atomic E-state index is 0.255. The van der Waals surface area contributed by atoms with Gasteiger partial charge in [0.15, 0.2) is 0 Å². The summed E-state index contributed by atoms with van der Waals surface area (Å²) >= 11 is 0. The Bertz CT molecular complexity index is 244. The van der Waals surface area contributed by atoms with Crippen LogP contribution in [0.2, 0.25) is 0 Å². The van der Waals surface area contributed by atoms with Crippen molar-refractivity contribution in [2.24, 2.45) is 0 Å². The van der Waals surface area contributed by atoms with Crippen molar-refractivity contribution in [3.05, 3.63) is 12.2 Å². The molecule has 0 aromatic heterocycles. The topological polar surface area (TPSA) is 35.5 Å².